The van der Waals surface area contributed by atoms with E-state index in [2.05, 4.69) is 10.2 Å². The maximum absolute atomic E-state index is 14.0. The highest BCUT2D eigenvalue weighted by Gasteiger charge is 2.23. The second kappa shape index (κ2) is 13.5. The van der Waals surface area contributed by atoms with Crippen molar-refractivity contribution < 1.29 is 10.6 Å². The highest BCUT2D eigenvalue weighted by atomic mass is 19.1. The molecular formula is C26H38FN5O. The lowest BCUT2D eigenvalue weighted by Gasteiger charge is -2.32. The molecule has 33 heavy (non-hydrogen) atoms. The summed E-state index contributed by atoms with van der Waals surface area (Å²) in [6, 6.07) is 6.82. The van der Waals surface area contributed by atoms with E-state index in [9.17, 15) is 9.18 Å². The number of halogens is 1. The van der Waals surface area contributed by atoms with Crippen molar-refractivity contribution in [2.45, 2.75) is 46.1 Å². The molecule has 1 unspecified atom stereocenters. The predicted octanol–water partition coefficient (Wildman–Crippen LogP) is 4.58. The van der Waals surface area contributed by atoms with E-state index in [-0.39, 0.29) is 31.3 Å². The van der Waals surface area contributed by atoms with Gasteiger partial charge in [0.25, 0.3) is 0 Å². The SMILES string of the molecule is C/C=C\C(=C/C=N)C(=N)/C(CNC(=O)CC1CCCN(Cc2ccccc2F)C1)=C(\N)CC.[HH]. The number of amides is 1. The first-order valence-corrected chi connectivity index (χ1v) is 11.5. The summed E-state index contributed by atoms with van der Waals surface area (Å²) < 4.78 is 14.0. The maximum Gasteiger partial charge on any atom is 0.220 e. The van der Waals surface area contributed by atoms with Crippen LogP contribution in [0, 0.1) is 22.6 Å². The van der Waals surface area contributed by atoms with E-state index in [4.69, 9.17) is 16.6 Å². The first-order chi connectivity index (χ1) is 15.9. The molecule has 1 aliphatic heterocycles. The van der Waals surface area contributed by atoms with Crippen molar-refractivity contribution in [3.8, 4) is 0 Å². The molecule has 1 aliphatic rings. The number of nitrogens with zero attached hydrogens (tertiary/aromatic N) is 1. The van der Waals surface area contributed by atoms with Crippen molar-refractivity contribution in [1.29, 1.82) is 10.8 Å². The van der Waals surface area contributed by atoms with Gasteiger partial charge in [0.1, 0.15) is 5.82 Å². The van der Waals surface area contributed by atoms with Gasteiger partial charge in [-0.2, -0.15) is 0 Å². The van der Waals surface area contributed by atoms with Crippen molar-refractivity contribution in [2.24, 2.45) is 11.7 Å². The Morgan fingerprint density at radius 2 is 2.15 bits per heavy atom. The monoisotopic (exact) mass is 455 g/mol. The van der Waals surface area contributed by atoms with Crippen LogP contribution in [-0.4, -0.2) is 42.4 Å². The highest BCUT2D eigenvalue weighted by molar-refractivity contribution is 6.14. The largest absolute Gasteiger partial charge is 0.402 e. The third-order valence-corrected chi connectivity index (χ3v) is 5.86. The van der Waals surface area contributed by atoms with Gasteiger partial charge in [0, 0.05) is 56.1 Å². The number of allylic oxidation sites excluding steroid dienone is 5. The van der Waals surface area contributed by atoms with Crippen LogP contribution in [0.4, 0.5) is 4.39 Å². The molecule has 1 aromatic carbocycles. The Morgan fingerprint density at radius 1 is 1.39 bits per heavy atom. The second-order valence-corrected chi connectivity index (χ2v) is 8.34. The molecule has 2 rings (SSSR count). The number of nitrogens with one attached hydrogen (secondary N) is 3. The summed E-state index contributed by atoms with van der Waals surface area (Å²) in [5.74, 6) is -0.0649. The molecule has 1 heterocycles. The maximum atomic E-state index is 14.0. The van der Waals surface area contributed by atoms with E-state index in [1.807, 2.05) is 26.0 Å². The molecule has 0 aliphatic carbocycles. The predicted molar refractivity (Wildman–Crippen MR) is 135 cm³/mol. The Hall–Kier alpha value is -3.06. The summed E-state index contributed by atoms with van der Waals surface area (Å²) in [6.45, 7) is 6.14. The van der Waals surface area contributed by atoms with Crippen molar-refractivity contribution in [1.82, 2.24) is 10.2 Å². The molecule has 1 fully saturated rings. The molecule has 180 valence electrons. The number of piperidine rings is 1. The van der Waals surface area contributed by atoms with Gasteiger partial charge in [-0.15, -0.1) is 0 Å². The van der Waals surface area contributed by atoms with E-state index in [0.29, 0.717) is 41.8 Å². The van der Waals surface area contributed by atoms with E-state index in [1.165, 1.54) is 6.07 Å². The van der Waals surface area contributed by atoms with Gasteiger partial charge < -0.3 is 16.5 Å². The van der Waals surface area contributed by atoms with Crippen LogP contribution in [0.2, 0.25) is 0 Å². The topological polar surface area (TPSA) is 106 Å². The van der Waals surface area contributed by atoms with Crippen LogP contribution < -0.4 is 11.1 Å². The van der Waals surface area contributed by atoms with Gasteiger partial charge in [-0.05, 0) is 50.8 Å². The van der Waals surface area contributed by atoms with Crippen molar-refractivity contribution >= 4 is 17.8 Å². The third-order valence-electron chi connectivity index (χ3n) is 5.86. The lowest BCUT2D eigenvalue weighted by molar-refractivity contribution is -0.122. The van der Waals surface area contributed by atoms with Crippen LogP contribution in [0.5, 0.6) is 0 Å². The van der Waals surface area contributed by atoms with Gasteiger partial charge >= 0.3 is 0 Å². The zero-order valence-electron chi connectivity index (χ0n) is 19.7. The molecule has 1 saturated heterocycles. The first kappa shape index (κ1) is 26.2. The fraction of sp³-hybridized carbons (Fsp3) is 0.423. The minimum Gasteiger partial charge on any atom is -0.402 e. The zero-order valence-corrected chi connectivity index (χ0v) is 19.7. The third kappa shape index (κ3) is 8.09. The van der Waals surface area contributed by atoms with Gasteiger partial charge in [0.2, 0.25) is 5.91 Å². The lowest BCUT2D eigenvalue weighted by Crippen LogP contribution is -2.38. The van der Waals surface area contributed by atoms with Crippen molar-refractivity contribution in [3.05, 3.63) is 70.7 Å². The normalized spacial score (nSPS) is 18.2. The van der Waals surface area contributed by atoms with E-state index < -0.39 is 0 Å². The van der Waals surface area contributed by atoms with Gasteiger partial charge in [-0.25, -0.2) is 4.39 Å². The molecular weight excluding hydrogens is 417 g/mol. The van der Waals surface area contributed by atoms with Crippen molar-refractivity contribution in [3.63, 3.8) is 0 Å². The summed E-state index contributed by atoms with van der Waals surface area (Å²) in [4.78, 5) is 14.9. The van der Waals surface area contributed by atoms with Crippen LogP contribution in [0.25, 0.3) is 0 Å². The fourth-order valence-electron chi connectivity index (χ4n) is 4.09. The number of carbonyl (C=O) groups is 1. The van der Waals surface area contributed by atoms with Crippen LogP contribution in [0.1, 0.15) is 46.5 Å². The van der Waals surface area contributed by atoms with E-state index in [1.54, 1.807) is 24.3 Å². The molecule has 0 saturated carbocycles. The number of likely N-dealkylation sites (tertiary alicyclic amines) is 1. The average Bonchev–Trinajstić information content (AvgIpc) is 2.80. The van der Waals surface area contributed by atoms with Gasteiger partial charge in [0.15, 0.2) is 0 Å². The molecule has 0 bridgehead atoms. The summed E-state index contributed by atoms with van der Waals surface area (Å²) in [5.41, 5.74) is 8.75. The molecule has 1 aromatic rings. The number of nitrogens with two attached hydrogens (primary N) is 1. The van der Waals surface area contributed by atoms with Crippen molar-refractivity contribution in [2.75, 3.05) is 19.6 Å². The Bertz CT molecular complexity index is 941. The molecule has 1 amide bonds. The number of benzene rings is 1. The van der Waals surface area contributed by atoms with Crippen LogP contribution in [0.15, 0.2) is 59.3 Å². The number of rotatable bonds is 11. The summed E-state index contributed by atoms with van der Waals surface area (Å²) >= 11 is 0. The second-order valence-electron chi connectivity index (χ2n) is 8.34. The average molecular weight is 456 g/mol. The quantitative estimate of drug-likeness (QED) is 0.290. The van der Waals surface area contributed by atoms with Gasteiger partial charge in [-0.3, -0.25) is 15.1 Å². The molecule has 0 aromatic heterocycles. The van der Waals surface area contributed by atoms with Crippen LogP contribution in [-0.2, 0) is 11.3 Å². The Balaban J connectivity index is 0.00000578. The smallest absolute Gasteiger partial charge is 0.220 e. The Morgan fingerprint density at radius 3 is 2.82 bits per heavy atom. The van der Waals surface area contributed by atoms with Crippen LogP contribution in [0.3, 0.4) is 0 Å². The summed E-state index contributed by atoms with van der Waals surface area (Å²) in [5, 5.41) is 18.8. The van der Waals surface area contributed by atoms with E-state index in [0.717, 1.165) is 32.1 Å². The fourth-order valence-corrected chi connectivity index (χ4v) is 4.09. The number of hydrogen-bond acceptors (Lipinski definition) is 5. The summed E-state index contributed by atoms with van der Waals surface area (Å²) in [7, 11) is 0. The molecule has 6 nitrogen and oxygen atoms in total. The van der Waals surface area contributed by atoms with Gasteiger partial charge in [-0.1, -0.05) is 37.3 Å². The van der Waals surface area contributed by atoms with Gasteiger partial charge in [0.05, 0.1) is 5.71 Å². The number of hydrogen-bond donors (Lipinski definition) is 4. The minimum atomic E-state index is -0.193. The Kier molecular flexibility index (Phi) is 10.7. The highest BCUT2D eigenvalue weighted by Crippen LogP contribution is 2.22. The zero-order chi connectivity index (χ0) is 24.2. The van der Waals surface area contributed by atoms with Crippen LogP contribution >= 0.6 is 0 Å². The standard InChI is InChI=1S/C26H36FN5O.H2/c1-3-8-20(12-13-28)26(30)22(24(29)4-2)16-31-25(33)15-19-9-7-14-32(17-19)18-21-10-5-6-11-23(21)27;/h3,5-6,8,10-13,19,28,30H,4,7,9,14-18,29H2,1-2H3,(H,31,33);1H/b8-3-,20-12+,24-22-,28-13?,30-26?;. The lowest BCUT2D eigenvalue weighted by atomic mass is 9.93. The molecule has 1 atom stereocenters. The Labute approximate surface area is 197 Å². The molecule has 5 N–H and O–H groups in total. The summed E-state index contributed by atoms with van der Waals surface area (Å²) in [6.07, 6.45) is 9.13. The minimum absolute atomic E-state index is 0. The molecule has 7 heteroatoms. The molecule has 0 radical (unpaired) electrons. The molecule has 0 spiro atoms. The number of carbonyl (C=O) groups excluding carboxylic acids is 1. The first-order valence-electron chi connectivity index (χ1n) is 11.5. The van der Waals surface area contributed by atoms with E-state index >= 15 is 0 Å².